The van der Waals surface area contributed by atoms with E-state index in [4.69, 9.17) is 26.1 Å². The van der Waals surface area contributed by atoms with Crippen molar-refractivity contribution in [3.8, 4) is 22.8 Å². The SMILES string of the molecule is COc1ccc(-c2nc3c(C)cc(C)cc3c(C(=O)Oc3ccccc3Cl)c2C)cc1. The van der Waals surface area contributed by atoms with Crippen molar-refractivity contribution in [2.24, 2.45) is 0 Å². The second-order valence-electron chi connectivity index (χ2n) is 7.49. The molecule has 1 heterocycles. The van der Waals surface area contributed by atoms with Crippen LogP contribution in [0.2, 0.25) is 5.02 Å². The van der Waals surface area contributed by atoms with Crippen molar-refractivity contribution >= 4 is 28.5 Å². The summed E-state index contributed by atoms with van der Waals surface area (Å²) in [5, 5.41) is 1.15. The molecule has 4 nitrogen and oxygen atoms in total. The molecule has 156 valence electrons. The third-order valence-electron chi connectivity index (χ3n) is 5.27. The average Bonchev–Trinajstić information content (AvgIpc) is 2.75. The molecule has 0 N–H and O–H groups in total. The Morgan fingerprint density at radius 2 is 1.68 bits per heavy atom. The van der Waals surface area contributed by atoms with E-state index in [0.717, 1.165) is 44.6 Å². The van der Waals surface area contributed by atoms with Gasteiger partial charge in [-0.05, 0) is 74.4 Å². The number of fused-ring (bicyclic) bond motifs is 1. The molecule has 0 atom stereocenters. The first-order valence-corrected chi connectivity index (χ1v) is 10.3. The van der Waals surface area contributed by atoms with Crippen molar-refractivity contribution in [1.82, 2.24) is 4.98 Å². The van der Waals surface area contributed by atoms with E-state index in [1.807, 2.05) is 51.1 Å². The molecule has 0 saturated carbocycles. The zero-order chi connectivity index (χ0) is 22.1. The van der Waals surface area contributed by atoms with E-state index < -0.39 is 5.97 Å². The van der Waals surface area contributed by atoms with Crippen molar-refractivity contribution in [2.75, 3.05) is 7.11 Å². The lowest BCUT2D eigenvalue weighted by atomic mass is 9.95. The van der Waals surface area contributed by atoms with Gasteiger partial charge in [0, 0.05) is 10.9 Å². The fourth-order valence-corrected chi connectivity index (χ4v) is 3.96. The summed E-state index contributed by atoms with van der Waals surface area (Å²) in [5.41, 5.74) is 5.68. The minimum atomic E-state index is -0.460. The molecule has 0 bridgehead atoms. The van der Waals surface area contributed by atoms with E-state index in [9.17, 15) is 4.79 Å². The predicted octanol–water partition coefficient (Wildman–Crippen LogP) is 6.71. The van der Waals surface area contributed by atoms with Crippen LogP contribution in [0.4, 0.5) is 0 Å². The molecular formula is C26H22ClNO3. The maximum absolute atomic E-state index is 13.4. The molecule has 0 aliphatic rings. The molecule has 0 fully saturated rings. The summed E-state index contributed by atoms with van der Waals surface area (Å²) in [4.78, 5) is 18.3. The second kappa shape index (κ2) is 8.40. The van der Waals surface area contributed by atoms with Gasteiger partial charge >= 0.3 is 5.97 Å². The molecule has 5 heteroatoms. The zero-order valence-electron chi connectivity index (χ0n) is 17.8. The number of para-hydroxylation sites is 1. The molecule has 4 aromatic rings. The molecular weight excluding hydrogens is 410 g/mol. The number of carbonyl (C=O) groups excluding carboxylic acids is 1. The van der Waals surface area contributed by atoms with Gasteiger partial charge < -0.3 is 9.47 Å². The van der Waals surface area contributed by atoms with Crippen molar-refractivity contribution in [3.63, 3.8) is 0 Å². The number of rotatable bonds is 4. The maximum Gasteiger partial charge on any atom is 0.344 e. The molecule has 3 aromatic carbocycles. The minimum Gasteiger partial charge on any atom is -0.497 e. The highest BCUT2D eigenvalue weighted by atomic mass is 35.5. The van der Waals surface area contributed by atoms with Gasteiger partial charge in [-0.25, -0.2) is 9.78 Å². The molecule has 0 unspecified atom stereocenters. The molecule has 0 aliphatic heterocycles. The molecule has 0 amide bonds. The van der Waals surface area contributed by atoms with E-state index in [1.165, 1.54) is 0 Å². The number of pyridine rings is 1. The number of aromatic nitrogens is 1. The minimum absolute atomic E-state index is 0.328. The first-order chi connectivity index (χ1) is 14.9. The first kappa shape index (κ1) is 20.9. The quantitative estimate of drug-likeness (QED) is 0.266. The number of carbonyl (C=O) groups is 1. The van der Waals surface area contributed by atoms with Crippen LogP contribution in [0, 0.1) is 20.8 Å². The number of hydrogen-bond acceptors (Lipinski definition) is 4. The summed E-state index contributed by atoms with van der Waals surface area (Å²) in [5.74, 6) is 0.624. The van der Waals surface area contributed by atoms with Gasteiger partial charge in [0.2, 0.25) is 0 Å². The maximum atomic E-state index is 13.4. The Balaban J connectivity index is 1.94. The largest absolute Gasteiger partial charge is 0.497 e. The Labute approximate surface area is 186 Å². The van der Waals surface area contributed by atoms with Gasteiger partial charge in [0.05, 0.1) is 28.9 Å². The highest BCUT2D eigenvalue weighted by Crippen LogP contribution is 2.34. The fraction of sp³-hybridized carbons (Fsp3) is 0.154. The zero-order valence-corrected chi connectivity index (χ0v) is 18.6. The lowest BCUT2D eigenvalue weighted by Crippen LogP contribution is -2.13. The summed E-state index contributed by atoms with van der Waals surface area (Å²) in [6.45, 7) is 5.90. The Kier molecular flexibility index (Phi) is 5.66. The Morgan fingerprint density at radius 1 is 0.968 bits per heavy atom. The van der Waals surface area contributed by atoms with Crippen LogP contribution in [0.1, 0.15) is 27.0 Å². The summed E-state index contributed by atoms with van der Waals surface area (Å²) in [6.07, 6.45) is 0. The number of aryl methyl sites for hydroxylation is 2. The van der Waals surface area contributed by atoms with Crippen molar-refractivity contribution < 1.29 is 14.3 Å². The molecule has 0 radical (unpaired) electrons. The smallest absolute Gasteiger partial charge is 0.344 e. The van der Waals surface area contributed by atoms with Crippen LogP contribution < -0.4 is 9.47 Å². The average molecular weight is 432 g/mol. The molecule has 0 aliphatic carbocycles. The van der Waals surface area contributed by atoms with Crippen LogP contribution in [0.15, 0.2) is 60.7 Å². The highest BCUT2D eigenvalue weighted by molar-refractivity contribution is 6.32. The van der Waals surface area contributed by atoms with Crippen LogP contribution in [0.3, 0.4) is 0 Å². The van der Waals surface area contributed by atoms with E-state index >= 15 is 0 Å². The van der Waals surface area contributed by atoms with Crippen LogP contribution in [0.5, 0.6) is 11.5 Å². The number of esters is 1. The van der Waals surface area contributed by atoms with E-state index in [-0.39, 0.29) is 0 Å². The number of nitrogens with zero attached hydrogens (tertiary/aromatic N) is 1. The van der Waals surface area contributed by atoms with E-state index in [2.05, 4.69) is 6.07 Å². The normalized spacial score (nSPS) is 10.9. The van der Waals surface area contributed by atoms with Gasteiger partial charge in [0.1, 0.15) is 11.5 Å². The first-order valence-electron chi connectivity index (χ1n) is 9.91. The summed E-state index contributed by atoms with van der Waals surface area (Å²) in [7, 11) is 1.63. The Morgan fingerprint density at radius 3 is 2.35 bits per heavy atom. The van der Waals surface area contributed by atoms with Gasteiger partial charge in [-0.1, -0.05) is 35.4 Å². The standard InChI is InChI=1S/C26H22ClNO3/c1-15-13-16(2)24-20(14-15)23(26(29)31-22-8-6-5-7-21(22)27)17(3)25(28-24)18-9-11-19(30-4)12-10-18/h5-14H,1-4H3. The van der Waals surface area contributed by atoms with E-state index in [1.54, 1.807) is 31.4 Å². The van der Waals surface area contributed by atoms with Crippen LogP contribution in [-0.2, 0) is 0 Å². The highest BCUT2D eigenvalue weighted by Gasteiger charge is 2.22. The molecule has 0 saturated heterocycles. The van der Waals surface area contributed by atoms with Crippen molar-refractivity contribution in [1.29, 1.82) is 0 Å². The topological polar surface area (TPSA) is 48.4 Å². The van der Waals surface area contributed by atoms with Gasteiger partial charge in [0.25, 0.3) is 0 Å². The van der Waals surface area contributed by atoms with Crippen molar-refractivity contribution in [3.05, 3.63) is 87.9 Å². The summed E-state index contributed by atoms with van der Waals surface area (Å²) < 4.78 is 11.0. The summed E-state index contributed by atoms with van der Waals surface area (Å²) in [6, 6.07) is 18.6. The second-order valence-corrected chi connectivity index (χ2v) is 7.89. The lowest BCUT2D eigenvalue weighted by Gasteiger charge is -2.16. The predicted molar refractivity (Wildman–Crippen MR) is 124 cm³/mol. The van der Waals surface area contributed by atoms with Crippen LogP contribution in [-0.4, -0.2) is 18.1 Å². The Hall–Kier alpha value is -3.37. The third kappa shape index (κ3) is 3.99. The van der Waals surface area contributed by atoms with Crippen molar-refractivity contribution in [2.45, 2.75) is 20.8 Å². The van der Waals surface area contributed by atoms with Crippen LogP contribution in [0.25, 0.3) is 22.2 Å². The molecule has 1 aromatic heterocycles. The molecule has 0 spiro atoms. The molecule has 31 heavy (non-hydrogen) atoms. The number of methoxy groups -OCH3 is 1. The number of ether oxygens (including phenoxy) is 2. The van der Waals surface area contributed by atoms with Gasteiger partial charge in [-0.15, -0.1) is 0 Å². The van der Waals surface area contributed by atoms with Gasteiger partial charge in [-0.3, -0.25) is 0 Å². The summed E-state index contributed by atoms with van der Waals surface area (Å²) >= 11 is 6.22. The number of halogens is 1. The van der Waals surface area contributed by atoms with E-state index in [0.29, 0.717) is 16.3 Å². The van der Waals surface area contributed by atoms with Gasteiger partial charge in [0.15, 0.2) is 0 Å². The Bertz CT molecular complexity index is 1300. The molecule has 4 rings (SSSR count). The monoisotopic (exact) mass is 431 g/mol. The number of hydrogen-bond donors (Lipinski definition) is 0. The van der Waals surface area contributed by atoms with Crippen LogP contribution >= 0.6 is 11.6 Å². The third-order valence-corrected chi connectivity index (χ3v) is 5.59. The fourth-order valence-electron chi connectivity index (χ4n) is 3.79. The number of benzene rings is 3. The lowest BCUT2D eigenvalue weighted by molar-refractivity contribution is 0.0736. The van der Waals surface area contributed by atoms with Gasteiger partial charge in [-0.2, -0.15) is 0 Å².